The number of halogens is 1. The van der Waals surface area contributed by atoms with Crippen molar-refractivity contribution in [3.63, 3.8) is 0 Å². The van der Waals surface area contributed by atoms with Crippen LogP contribution in [0, 0.1) is 5.92 Å². The topological polar surface area (TPSA) is 21.3 Å². The van der Waals surface area contributed by atoms with Gasteiger partial charge in [0.15, 0.2) is 0 Å². The normalized spacial score (nSPS) is 35.5. The number of hydrogen-bond donors (Lipinski definition) is 1. The van der Waals surface area contributed by atoms with Crippen molar-refractivity contribution in [3.8, 4) is 0 Å². The molecular formula is C16H22ClNO. The van der Waals surface area contributed by atoms with E-state index in [-0.39, 0.29) is 11.7 Å². The Kier molecular flexibility index (Phi) is 3.84. The van der Waals surface area contributed by atoms with E-state index in [2.05, 4.69) is 18.3 Å². The second-order valence-corrected chi connectivity index (χ2v) is 6.53. The van der Waals surface area contributed by atoms with Crippen molar-refractivity contribution in [1.82, 2.24) is 5.32 Å². The molecule has 3 heteroatoms. The van der Waals surface area contributed by atoms with Crippen LogP contribution in [0.3, 0.4) is 0 Å². The van der Waals surface area contributed by atoms with Gasteiger partial charge in [-0.2, -0.15) is 0 Å². The number of morpholine rings is 1. The summed E-state index contributed by atoms with van der Waals surface area (Å²) in [6.45, 7) is 4.19. The highest BCUT2D eigenvalue weighted by molar-refractivity contribution is 6.31. The standard InChI is InChI=1S/C16H22ClNO/c1-12-6-8-16(9-7-12)11-18-10-15(19-16)13-4-2-3-5-14(13)17/h2-5,12,15,18H,6-11H2,1H3. The Bertz CT molecular complexity index is 440. The van der Waals surface area contributed by atoms with Gasteiger partial charge in [-0.1, -0.05) is 36.7 Å². The Labute approximate surface area is 120 Å². The van der Waals surface area contributed by atoms with Gasteiger partial charge >= 0.3 is 0 Å². The Morgan fingerprint density at radius 1 is 1.26 bits per heavy atom. The molecule has 1 heterocycles. The van der Waals surface area contributed by atoms with E-state index in [1.807, 2.05) is 18.2 Å². The fraction of sp³-hybridized carbons (Fsp3) is 0.625. The van der Waals surface area contributed by atoms with Crippen LogP contribution in [-0.2, 0) is 4.74 Å². The molecule has 1 saturated carbocycles. The number of rotatable bonds is 1. The van der Waals surface area contributed by atoms with Crippen molar-refractivity contribution in [2.75, 3.05) is 13.1 Å². The third kappa shape index (κ3) is 2.81. The van der Waals surface area contributed by atoms with Gasteiger partial charge in [0, 0.05) is 23.7 Å². The van der Waals surface area contributed by atoms with Crippen LogP contribution in [0.15, 0.2) is 24.3 Å². The fourth-order valence-corrected chi connectivity index (χ4v) is 3.57. The van der Waals surface area contributed by atoms with Crippen LogP contribution >= 0.6 is 11.6 Å². The Hall–Kier alpha value is -0.570. The molecule has 1 unspecified atom stereocenters. The Morgan fingerprint density at radius 3 is 2.74 bits per heavy atom. The van der Waals surface area contributed by atoms with Gasteiger partial charge < -0.3 is 10.1 Å². The maximum atomic E-state index is 6.48. The lowest BCUT2D eigenvalue weighted by molar-refractivity contribution is -0.140. The minimum Gasteiger partial charge on any atom is -0.364 e. The maximum Gasteiger partial charge on any atom is 0.0971 e. The molecule has 19 heavy (non-hydrogen) atoms. The van der Waals surface area contributed by atoms with Crippen molar-refractivity contribution in [2.24, 2.45) is 5.92 Å². The highest BCUT2D eigenvalue weighted by Crippen LogP contribution is 2.40. The van der Waals surface area contributed by atoms with Gasteiger partial charge in [0.2, 0.25) is 0 Å². The van der Waals surface area contributed by atoms with E-state index < -0.39 is 0 Å². The summed E-state index contributed by atoms with van der Waals surface area (Å²) in [5.41, 5.74) is 1.16. The van der Waals surface area contributed by atoms with Crippen molar-refractivity contribution < 1.29 is 4.74 Å². The molecule has 0 radical (unpaired) electrons. The SMILES string of the molecule is CC1CCC2(CC1)CNCC(c1ccccc1Cl)O2. The van der Waals surface area contributed by atoms with Crippen LogP contribution in [0.5, 0.6) is 0 Å². The number of nitrogens with one attached hydrogen (secondary N) is 1. The molecular weight excluding hydrogens is 258 g/mol. The lowest BCUT2D eigenvalue weighted by Crippen LogP contribution is -2.52. The first-order valence-electron chi connectivity index (χ1n) is 7.31. The number of benzene rings is 1. The van der Waals surface area contributed by atoms with Crippen molar-refractivity contribution >= 4 is 11.6 Å². The van der Waals surface area contributed by atoms with E-state index in [1.165, 1.54) is 25.7 Å². The van der Waals surface area contributed by atoms with Crippen molar-refractivity contribution in [2.45, 2.75) is 44.3 Å². The molecule has 2 aliphatic rings. The first-order chi connectivity index (χ1) is 9.19. The van der Waals surface area contributed by atoms with Crippen LogP contribution in [0.1, 0.15) is 44.3 Å². The summed E-state index contributed by atoms with van der Waals surface area (Å²) >= 11 is 6.30. The van der Waals surface area contributed by atoms with Gasteiger partial charge in [-0.05, 0) is 37.7 Å². The number of hydrogen-bond acceptors (Lipinski definition) is 2. The molecule has 2 nitrogen and oxygen atoms in total. The Balaban J connectivity index is 1.77. The van der Waals surface area contributed by atoms with Crippen molar-refractivity contribution in [1.29, 1.82) is 0 Å². The lowest BCUT2D eigenvalue weighted by atomic mass is 9.78. The molecule has 1 atom stereocenters. The molecule has 0 bridgehead atoms. The molecule has 1 N–H and O–H groups in total. The molecule has 2 fully saturated rings. The molecule has 1 spiro atoms. The summed E-state index contributed by atoms with van der Waals surface area (Å²) in [5, 5.41) is 4.37. The summed E-state index contributed by atoms with van der Waals surface area (Å²) in [7, 11) is 0. The predicted molar refractivity (Wildman–Crippen MR) is 78.5 cm³/mol. The fourth-order valence-electron chi connectivity index (χ4n) is 3.31. The molecule has 1 aromatic rings. The molecule has 1 aliphatic carbocycles. The molecule has 1 aliphatic heterocycles. The van der Waals surface area contributed by atoms with E-state index in [0.717, 1.165) is 29.6 Å². The summed E-state index contributed by atoms with van der Waals surface area (Å²) in [6.07, 6.45) is 4.98. The van der Waals surface area contributed by atoms with Gasteiger partial charge in [-0.25, -0.2) is 0 Å². The average Bonchev–Trinajstić information content (AvgIpc) is 2.43. The molecule has 3 rings (SSSR count). The van der Waals surface area contributed by atoms with Crippen LogP contribution in [0.4, 0.5) is 0 Å². The minimum atomic E-state index is 0.0363. The van der Waals surface area contributed by atoms with E-state index in [4.69, 9.17) is 16.3 Å². The first-order valence-corrected chi connectivity index (χ1v) is 7.69. The van der Waals surface area contributed by atoms with E-state index >= 15 is 0 Å². The monoisotopic (exact) mass is 279 g/mol. The predicted octanol–water partition coefficient (Wildman–Crippen LogP) is 3.95. The minimum absolute atomic E-state index is 0.0363. The zero-order chi connectivity index (χ0) is 13.3. The quantitative estimate of drug-likeness (QED) is 0.840. The van der Waals surface area contributed by atoms with Crippen molar-refractivity contribution in [3.05, 3.63) is 34.9 Å². The molecule has 0 amide bonds. The van der Waals surface area contributed by atoms with E-state index in [1.54, 1.807) is 0 Å². The zero-order valence-electron chi connectivity index (χ0n) is 11.5. The van der Waals surface area contributed by atoms with E-state index in [9.17, 15) is 0 Å². The second kappa shape index (κ2) is 5.43. The third-order valence-corrected chi connectivity index (χ3v) is 4.95. The summed E-state index contributed by atoms with van der Waals surface area (Å²) < 4.78 is 6.48. The van der Waals surface area contributed by atoms with Gasteiger partial charge in [0.1, 0.15) is 0 Å². The highest BCUT2D eigenvalue weighted by atomic mass is 35.5. The molecule has 1 aromatic carbocycles. The summed E-state index contributed by atoms with van der Waals surface area (Å²) in [6, 6.07) is 8.04. The molecule has 1 saturated heterocycles. The maximum absolute atomic E-state index is 6.48. The van der Waals surface area contributed by atoms with E-state index in [0.29, 0.717) is 0 Å². The average molecular weight is 280 g/mol. The lowest BCUT2D eigenvalue weighted by Gasteiger charge is -2.45. The highest BCUT2D eigenvalue weighted by Gasteiger charge is 2.40. The summed E-state index contributed by atoms with van der Waals surface area (Å²) in [4.78, 5) is 0. The summed E-state index contributed by atoms with van der Waals surface area (Å²) in [5.74, 6) is 0.843. The van der Waals surface area contributed by atoms with Crippen LogP contribution in [0.25, 0.3) is 0 Å². The van der Waals surface area contributed by atoms with Crippen LogP contribution in [-0.4, -0.2) is 18.7 Å². The smallest absolute Gasteiger partial charge is 0.0971 e. The third-order valence-electron chi connectivity index (χ3n) is 4.61. The van der Waals surface area contributed by atoms with Gasteiger partial charge in [-0.3, -0.25) is 0 Å². The van der Waals surface area contributed by atoms with Gasteiger partial charge in [0.25, 0.3) is 0 Å². The molecule has 0 aromatic heterocycles. The first kappa shape index (κ1) is 13.4. The Morgan fingerprint density at radius 2 is 2.00 bits per heavy atom. The van der Waals surface area contributed by atoms with Gasteiger partial charge in [-0.15, -0.1) is 0 Å². The van der Waals surface area contributed by atoms with Gasteiger partial charge in [0.05, 0.1) is 11.7 Å². The number of ether oxygens (including phenoxy) is 1. The van der Waals surface area contributed by atoms with Crippen LogP contribution < -0.4 is 5.32 Å². The zero-order valence-corrected chi connectivity index (χ0v) is 12.2. The van der Waals surface area contributed by atoms with Crippen LogP contribution in [0.2, 0.25) is 5.02 Å². The molecule has 104 valence electrons. The second-order valence-electron chi connectivity index (χ2n) is 6.12. The largest absolute Gasteiger partial charge is 0.364 e.